The highest BCUT2D eigenvalue weighted by atomic mass is 19.1. The van der Waals surface area contributed by atoms with Gasteiger partial charge >= 0.3 is 0 Å². The van der Waals surface area contributed by atoms with E-state index in [9.17, 15) is 4.39 Å². The summed E-state index contributed by atoms with van der Waals surface area (Å²) in [7, 11) is 1.57. The molecule has 0 radical (unpaired) electrons. The lowest BCUT2D eigenvalue weighted by molar-refractivity contribution is 0.395. The maximum atomic E-state index is 13.7. The number of benzene rings is 1. The Labute approximate surface area is 90.2 Å². The number of aryl methyl sites for hydroxylation is 1. The minimum atomic E-state index is -0.210. The van der Waals surface area contributed by atoms with Gasteiger partial charge < -0.3 is 10.5 Å². The normalized spacial score (nSPS) is 12.6. The summed E-state index contributed by atoms with van der Waals surface area (Å²) < 4.78 is 18.9. The summed E-state index contributed by atoms with van der Waals surface area (Å²) in [4.78, 5) is 0. The van der Waals surface area contributed by atoms with Crippen molar-refractivity contribution in [1.29, 1.82) is 0 Å². The second kappa shape index (κ2) is 5.12. The molecule has 1 unspecified atom stereocenters. The van der Waals surface area contributed by atoms with E-state index in [0.717, 1.165) is 12.0 Å². The van der Waals surface area contributed by atoms with Crippen LogP contribution >= 0.6 is 0 Å². The molecule has 1 aromatic carbocycles. The quantitative estimate of drug-likeness (QED) is 0.830. The molecule has 0 aromatic heterocycles. The molecule has 2 N–H and O–H groups in total. The number of methoxy groups -OCH3 is 1. The Morgan fingerprint density at radius 2 is 2.13 bits per heavy atom. The second-order valence-electron chi connectivity index (χ2n) is 3.79. The van der Waals surface area contributed by atoms with Crippen LogP contribution in [0.25, 0.3) is 0 Å². The molecule has 0 spiro atoms. The number of halogens is 1. The van der Waals surface area contributed by atoms with Gasteiger partial charge in [0, 0.05) is 5.56 Å². The van der Waals surface area contributed by atoms with E-state index < -0.39 is 0 Å². The standard InChI is InChI=1S/C12H18FNO/c1-8(6-7-14)11-10(13)5-4-9(2)12(11)15-3/h4-5,8H,6-7,14H2,1-3H3. The number of hydrogen-bond donors (Lipinski definition) is 1. The lowest BCUT2D eigenvalue weighted by Gasteiger charge is -2.17. The lowest BCUT2D eigenvalue weighted by atomic mass is 9.94. The number of nitrogens with two attached hydrogens (primary N) is 1. The van der Waals surface area contributed by atoms with Crippen LogP contribution in [0.4, 0.5) is 4.39 Å². The van der Waals surface area contributed by atoms with E-state index in [1.165, 1.54) is 6.07 Å². The molecule has 0 saturated carbocycles. The van der Waals surface area contributed by atoms with Gasteiger partial charge in [0.2, 0.25) is 0 Å². The van der Waals surface area contributed by atoms with Crippen molar-refractivity contribution in [2.45, 2.75) is 26.2 Å². The van der Waals surface area contributed by atoms with Gasteiger partial charge in [0.05, 0.1) is 7.11 Å². The Morgan fingerprint density at radius 1 is 1.47 bits per heavy atom. The van der Waals surface area contributed by atoms with Crippen molar-refractivity contribution in [1.82, 2.24) is 0 Å². The van der Waals surface area contributed by atoms with Gasteiger partial charge in [-0.25, -0.2) is 4.39 Å². The first-order valence-corrected chi connectivity index (χ1v) is 5.14. The fourth-order valence-corrected chi connectivity index (χ4v) is 1.81. The monoisotopic (exact) mass is 211 g/mol. The van der Waals surface area contributed by atoms with Crippen molar-refractivity contribution in [2.75, 3.05) is 13.7 Å². The zero-order valence-corrected chi connectivity index (χ0v) is 9.51. The van der Waals surface area contributed by atoms with Crippen LogP contribution in [0.5, 0.6) is 5.75 Å². The Balaban J connectivity index is 3.18. The van der Waals surface area contributed by atoms with Crippen molar-refractivity contribution in [3.8, 4) is 5.75 Å². The van der Waals surface area contributed by atoms with Gasteiger partial charge in [0.1, 0.15) is 11.6 Å². The van der Waals surface area contributed by atoms with E-state index in [4.69, 9.17) is 10.5 Å². The third-order valence-corrected chi connectivity index (χ3v) is 2.64. The summed E-state index contributed by atoms with van der Waals surface area (Å²) >= 11 is 0. The van der Waals surface area contributed by atoms with E-state index in [2.05, 4.69) is 0 Å². The average Bonchev–Trinajstić information content (AvgIpc) is 2.21. The molecule has 3 heteroatoms. The first-order chi connectivity index (χ1) is 7.11. The summed E-state index contributed by atoms with van der Waals surface area (Å²) in [6.07, 6.45) is 0.761. The molecule has 0 aliphatic rings. The smallest absolute Gasteiger partial charge is 0.130 e. The van der Waals surface area contributed by atoms with Crippen molar-refractivity contribution in [3.05, 3.63) is 29.1 Å². The fourth-order valence-electron chi connectivity index (χ4n) is 1.81. The summed E-state index contributed by atoms with van der Waals surface area (Å²) in [6, 6.07) is 3.22. The fraction of sp³-hybridized carbons (Fsp3) is 0.500. The largest absolute Gasteiger partial charge is 0.496 e. The van der Waals surface area contributed by atoms with E-state index in [1.54, 1.807) is 13.2 Å². The predicted molar refractivity (Wildman–Crippen MR) is 59.8 cm³/mol. The highest BCUT2D eigenvalue weighted by Crippen LogP contribution is 2.33. The molecule has 1 rings (SSSR count). The zero-order valence-electron chi connectivity index (χ0n) is 9.51. The maximum absolute atomic E-state index is 13.7. The Kier molecular flexibility index (Phi) is 4.09. The lowest BCUT2D eigenvalue weighted by Crippen LogP contribution is -2.08. The number of ether oxygens (including phenoxy) is 1. The minimum Gasteiger partial charge on any atom is -0.496 e. The van der Waals surface area contributed by atoms with Crippen molar-refractivity contribution < 1.29 is 9.13 Å². The molecule has 84 valence electrons. The third kappa shape index (κ3) is 2.48. The number of hydrogen-bond acceptors (Lipinski definition) is 2. The van der Waals surface area contributed by atoms with Gasteiger partial charge in [-0.05, 0) is 37.4 Å². The molecular formula is C12H18FNO. The van der Waals surface area contributed by atoms with Crippen LogP contribution in [0, 0.1) is 12.7 Å². The molecule has 0 aliphatic heterocycles. The van der Waals surface area contributed by atoms with Gasteiger partial charge in [-0.15, -0.1) is 0 Å². The van der Waals surface area contributed by atoms with Crippen molar-refractivity contribution >= 4 is 0 Å². The Morgan fingerprint density at radius 3 is 2.67 bits per heavy atom. The minimum absolute atomic E-state index is 0.0878. The first-order valence-electron chi connectivity index (χ1n) is 5.14. The predicted octanol–water partition coefficient (Wildman–Crippen LogP) is 2.60. The summed E-state index contributed by atoms with van der Waals surface area (Å²) in [6.45, 7) is 4.43. The van der Waals surface area contributed by atoms with Crippen LogP contribution in [0.2, 0.25) is 0 Å². The van der Waals surface area contributed by atoms with Crippen LogP contribution in [0.3, 0.4) is 0 Å². The Hall–Kier alpha value is -1.09. The van der Waals surface area contributed by atoms with Crippen LogP contribution in [-0.2, 0) is 0 Å². The molecule has 1 atom stereocenters. The van der Waals surface area contributed by atoms with Gasteiger partial charge in [-0.3, -0.25) is 0 Å². The third-order valence-electron chi connectivity index (χ3n) is 2.64. The highest BCUT2D eigenvalue weighted by Gasteiger charge is 2.17. The molecule has 0 aliphatic carbocycles. The van der Waals surface area contributed by atoms with E-state index in [0.29, 0.717) is 17.9 Å². The summed E-state index contributed by atoms with van der Waals surface area (Å²) in [5, 5.41) is 0. The van der Waals surface area contributed by atoms with Crippen LogP contribution in [-0.4, -0.2) is 13.7 Å². The molecular weight excluding hydrogens is 193 g/mol. The highest BCUT2D eigenvalue weighted by molar-refractivity contribution is 5.43. The van der Waals surface area contributed by atoms with Crippen LogP contribution < -0.4 is 10.5 Å². The molecule has 0 fully saturated rings. The topological polar surface area (TPSA) is 35.2 Å². The average molecular weight is 211 g/mol. The van der Waals surface area contributed by atoms with Crippen molar-refractivity contribution in [2.24, 2.45) is 5.73 Å². The van der Waals surface area contributed by atoms with E-state index >= 15 is 0 Å². The SMILES string of the molecule is COc1c(C)ccc(F)c1C(C)CCN. The maximum Gasteiger partial charge on any atom is 0.130 e. The van der Waals surface area contributed by atoms with Gasteiger partial charge in [0.15, 0.2) is 0 Å². The summed E-state index contributed by atoms with van der Waals surface area (Å²) in [5.41, 5.74) is 7.08. The van der Waals surface area contributed by atoms with Crippen molar-refractivity contribution in [3.63, 3.8) is 0 Å². The van der Waals surface area contributed by atoms with E-state index in [-0.39, 0.29) is 11.7 Å². The second-order valence-corrected chi connectivity index (χ2v) is 3.79. The molecule has 0 amide bonds. The van der Waals surface area contributed by atoms with Crippen LogP contribution in [0.15, 0.2) is 12.1 Å². The van der Waals surface area contributed by atoms with Gasteiger partial charge in [-0.1, -0.05) is 13.0 Å². The number of rotatable bonds is 4. The van der Waals surface area contributed by atoms with Gasteiger partial charge in [-0.2, -0.15) is 0 Å². The van der Waals surface area contributed by atoms with Crippen LogP contribution in [0.1, 0.15) is 30.4 Å². The molecule has 2 nitrogen and oxygen atoms in total. The molecule has 0 bridgehead atoms. The molecule has 0 saturated heterocycles. The Bertz CT molecular complexity index is 339. The molecule has 1 aromatic rings. The molecule has 15 heavy (non-hydrogen) atoms. The first kappa shape index (κ1) is 12.0. The zero-order chi connectivity index (χ0) is 11.4. The molecule has 0 heterocycles. The summed E-state index contributed by atoms with van der Waals surface area (Å²) in [5.74, 6) is 0.527. The van der Waals surface area contributed by atoms with E-state index in [1.807, 2.05) is 13.8 Å². The van der Waals surface area contributed by atoms with Gasteiger partial charge in [0.25, 0.3) is 0 Å².